The van der Waals surface area contributed by atoms with E-state index in [0.717, 1.165) is 7.11 Å². The molecule has 1 heterocycles. The van der Waals surface area contributed by atoms with E-state index < -0.39 is 23.7 Å². The van der Waals surface area contributed by atoms with Gasteiger partial charge < -0.3 is 4.74 Å². The highest BCUT2D eigenvalue weighted by atomic mass is 35.5. The summed E-state index contributed by atoms with van der Waals surface area (Å²) in [6.45, 7) is 0. The molecule has 0 spiro atoms. The molecule has 116 valence electrons. The Morgan fingerprint density at radius 2 is 1.82 bits per heavy atom. The van der Waals surface area contributed by atoms with Crippen molar-refractivity contribution in [2.24, 2.45) is 0 Å². The van der Waals surface area contributed by atoms with Gasteiger partial charge in [-0.1, -0.05) is 29.3 Å². The fourth-order valence-electron chi connectivity index (χ4n) is 1.58. The van der Waals surface area contributed by atoms with E-state index in [-0.39, 0.29) is 21.3 Å². The maximum Gasteiger partial charge on any atom is 0.433 e. The highest BCUT2D eigenvalue weighted by Crippen LogP contribution is 2.32. The van der Waals surface area contributed by atoms with Crippen molar-refractivity contribution in [3.63, 3.8) is 0 Å². The normalized spacial score (nSPS) is 11.4. The van der Waals surface area contributed by atoms with E-state index in [1.54, 1.807) is 0 Å². The van der Waals surface area contributed by atoms with E-state index in [1.807, 2.05) is 0 Å². The van der Waals surface area contributed by atoms with Crippen molar-refractivity contribution in [2.45, 2.75) is 6.18 Å². The van der Waals surface area contributed by atoms with E-state index in [9.17, 15) is 18.0 Å². The second-order valence-corrected chi connectivity index (χ2v) is 4.89. The van der Waals surface area contributed by atoms with E-state index in [1.165, 1.54) is 18.2 Å². The molecule has 0 unspecified atom stereocenters. The van der Waals surface area contributed by atoms with Crippen LogP contribution >= 0.6 is 23.2 Å². The lowest BCUT2D eigenvalue weighted by Crippen LogP contribution is -2.15. The number of ether oxygens (including phenoxy) is 1. The molecule has 1 aromatic heterocycles. The van der Waals surface area contributed by atoms with Gasteiger partial charge in [0.2, 0.25) is 5.82 Å². The van der Waals surface area contributed by atoms with Crippen LogP contribution in [-0.2, 0) is 10.9 Å². The number of esters is 1. The summed E-state index contributed by atoms with van der Waals surface area (Å²) in [6.07, 6.45) is -4.74. The Labute approximate surface area is 132 Å². The molecular weight excluding hydrogens is 344 g/mol. The minimum atomic E-state index is -4.74. The van der Waals surface area contributed by atoms with Crippen molar-refractivity contribution in [1.82, 2.24) is 9.97 Å². The third-order valence-electron chi connectivity index (χ3n) is 2.60. The summed E-state index contributed by atoms with van der Waals surface area (Å²) < 4.78 is 43.0. The number of hydrogen-bond donors (Lipinski definition) is 0. The molecule has 4 nitrogen and oxygen atoms in total. The molecule has 0 bridgehead atoms. The van der Waals surface area contributed by atoms with Crippen LogP contribution in [0, 0.1) is 0 Å². The van der Waals surface area contributed by atoms with Crippen LogP contribution in [-0.4, -0.2) is 23.0 Å². The van der Waals surface area contributed by atoms with Crippen LogP contribution in [0.3, 0.4) is 0 Å². The first-order valence-corrected chi connectivity index (χ1v) is 6.48. The zero-order chi connectivity index (χ0) is 16.5. The topological polar surface area (TPSA) is 52.1 Å². The van der Waals surface area contributed by atoms with Gasteiger partial charge in [-0.3, -0.25) is 0 Å². The molecule has 0 aliphatic heterocycles. The summed E-state index contributed by atoms with van der Waals surface area (Å²) >= 11 is 11.6. The summed E-state index contributed by atoms with van der Waals surface area (Å²) in [5.74, 6) is -1.77. The van der Waals surface area contributed by atoms with Gasteiger partial charge in [-0.15, -0.1) is 0 Å². The first-order valence-electron chi connectivity index (χ1n) is 5.72. The monoisotopic (exact) mass is 350 g/mol. The molecule has 0 fully saturated rings. The van der Waals surface area contributed by atoms with Crippen molar-refractivity contribution in [3.05, 3.63) is 45.8 Å². The number of alkyl halides is 3. The number of nitrogens with zero attached hydrogens (tertiary/aromatic N) is 2. The Morgan fingerprint density at radius 3 is 2.36 bits per heavy atom. The summed E-state index contributed by atoms with van der Waals surface area (Å²) in [6, 6.07) is 4.89. The minimum Gasteiger partial charge on any atom is -0.463 e. The van der Waals surface area contributed by atoms with E-state index >= 15 is 0 Å². The maximum absolute atomic E-state index is 12.9. The van der Waals surface area contributed by atoms with Gasteiger partial charge >= 0.3 is 12.1 Å². The average molecular weight is 351 g/mol. The van der Waals surface area contributed by atoms with Crippen LogP contribution in [0.1, 0.15) is 16.3 Å². The van der Waals surface area contributed by atoms with E-state index in [4.69, 9.17) is 23.2 Å². The van der Waals surface area contributed by atoms with Crippen molar-refractivity contribution >= 4 is 29.2 Å². The van der Waals surface area contributed by atoms with Crippen molar-refractivity contribution in [3.8, 4) is 11.3 Å². The van der Waals surface area contributed by atoms with Gasteiger partial charge in [0.25, 0.3) is 0 Å². The standard InChI is InChI=1S/C13H7Cl2F3N2O2/c1-22-12(21)11-19-9(5-10(20-11)13(16,17)18)6-2-3-7(14)8(15)4-6/h2-5H,1H3. The number of hydrogen-bond acceptors (Lipinski definition) is 4. The average Bonchev–Trinajstić information content (AvgIpc) is 2.47. The molecule has 0 radical (unpaired) electrons. The first-order chi connectivity index (χ1) is 10.2. The molecule has 22 heavy (non-hydrogen) atoms. The molecule has 0 aliphatic carbocycles. The zero-order valence-electron chi connectivity index (χ0n) is 10.9. The molecule has 0 amide bonds. The Kier molecular flexibility index (Phi) is 4.58. The maximum atomic E-state index is 12.9. The molecule has 2 rings (SSSR count). The lowest BCUT2D eigenvalue weighted by Gasteiger charge is -2.10. The van der Waals surface area contributed by atoms with Crippen LogP contribution < -0.4 is 0 Å². The Balaban J connectivity index is 2.64. The second kappa shape index (κ2) is 6.10. The Morgan fingerprint density at radius 1 is 1.14 bits per heavy atom. The quantitative estimate of drug-likeness (QED) is 0.759. The number of carbonyl (C=O) groups excluding carboxylic acids is 1. The van der Waals surface area contributed by atoms with Gasteiger partial charge in [-0.2, -0.15) is 13.2 Å². The fourth-order valence-corrected chi connectivity index (χ4v) is 1.88. The van der Waals surface area contributed by atoms with E-state index in [0.29, 0.717) is 6.07 Å². The molecule has 0 saturated carbocycles. The van der Waals surface area contributed by atoms with Gasteiger partial charge in [-0.05, 0) is 18.2 Å². The van der Waals surface area contributed by atoms with Crippen molar-refractivity contribution < 1.29 is 22.7 Å². The summed E-state index contributed by atoms with van der Waals surface area (Å²) in [5, 5.41) is 0.384. The van der Waals surface area contributed by atoms with Crippen LogP contribution in [0.25, 0.3) is 11.3 Å². The third-order valence-corrected chi connectivity index (χ3v) is 3.34. The molecule has 1 aromatic carbocycles. The first kappa shape index (κ1) is 16.5. The summed E-state index contributed by atoms with van der Waals surface area (Å²) in [5.41, 5.74) is -1.13. The van der Waals surface area contributed by atoms with Crippen molar-refractivity contribution in [1.29, 1.82) is 0 Å². The van der Waals surface area contributed by atoms with Crippen LogP contribution in [0.2, 0.25) is 10.0 Å². The number of benzene rings is 1. The van der Waals surface area contributed by atoms with Gasteiger partial charge in [-0.25, -0.2) is 14.8 Å². The van der Waals surface area contributed by atoms with Crippen LogP contribution in [0.15, 0.2) is 24.3 Å². The number of carbonyl (C=O) groups is 1. The van der Waals surface area contributed by atoms with Crippen LogP contribution in [0.4, 0.5) is 13.2 Å². The molecule has 9 heteroatoms. The number of methoxy groups -OCH3 is 1. The number of aromatic nitrogens is 2. The van der Waals surface area contributed by atoms with Gasteiger partial charge in [0, 0.05) is 5.56 Å². The molecule has 0 saturated heterocycles. The van der Waals surface area contributed by atoms with Crippen LogP contribution in [0.5, 0.6) is 0 Å². The largest absolute Gasteiger partial charge is 0.463 e. The molecule has 0 N–H and O–H groups in total. The summed E-state index contributed by atoms with van der Waals surface area (Å²) in [7, 11) is 1.02. The van der Waals surface area contributed by atoms with Gasteiger partial charge in [0.1, 0.15) is 5.69 Å². The molecule has 2 aromatic rings. The van der Waals surface area contributed by atoms with Crippen molar-refractivity contribution in [2.75, 3.05) is 7.11 Å². The highest BCUT2D eigenvalue weighted by Gasteiger charge is 2.34. The van der Waals surface area contributed by atoms with Gasteiger partial charge in [0.05, 0.1) is 22.8 Å². The van der Waals surface area contributed by atoms with E-state index in [2.05, 4.69) is 14.7 Å². The third kappa shape index (κ3) is 3.48. The molecule has 0 aliphatic rings. The Hall–Kier alpha value is -1.86. The molecular formula is C13H7Cl2F3N2O2. The molecule has 0 atom stereocenters. The highest BCUT2D eigenvalue weighted by molar-refractivity contribution is 6.42. The minimum absolute atomic E-state index is 0.124. The Bertz CT molecular complexity index is 736. The summed E-state index contributed by atoms with van der Waals surface area (Å²) in [4.78, 5) is 18.4. The fraction of sp³-hybridized carbons (Fsp3) is 0.154. The predicted octanol–water partition coefficient (Wildman–Crippen LogP) is 4.26. The smallest absolute Gasteiger partial charge is 0.433 e. The second-order valence-electron chi connectivity index (χ2n) is 4.08. The zero-order valence-corrected chi connectivity index (χ0v) is 12.4. The predicted molar refractivity (Wildman–Crippen MR) is 73.8 cm³/mol. The lowest BCUT2D eigenvalue weighted by atomic mass is 10.1. The SMILES string of the molecule is COC(=O)c1nc(-c2ccc(Cl)c(Cl)c2)cc(C(F)(F)F)n1. The number of halogens is 5. The lowest BCUT2D eigenvalue weighted by molar-refractivity contribution is -0.141. The number of rotatable bonds is 2. The van der Waals surface area contributed by atoms with Gasteiger partial charge in [0.15, 0.2) is 0 Å².